The lowest BCUT2D eigenvalue weighted by molar-refractivity contribution is 0.0691. The highest BCUT2D eigenvalue weighted by Crippen LogP contribution is 2.05. The summed E-state index contributed by atoms with van der Waals surface area (Å²) in [6, 6.07) is 1.74. The number of carboxylic acids is 1. The van der Waals surface area contributed by atoms with Crippen molar-refractivity contribution in [1.29, 1.82) is 0 Å². The van der Waals surface area contributed by atoms with Crippen LogP contribution in [-0.2, 0) is 0 Å². The summed E-state index contributed by atoms with van der Waals surface area (Å²) in [6.45, 7) is 1.83. The van der Waals surface area contributed by atoms with Crippen LogP contribution in [0.2, 0.25) is 0 Å². The molecule has 15 heavy (non-hydrogen) atoms. The van der Waals surface area contributed by atoms with Crippen LogP contribution >= 0.6 is 0 Å². The Morgan fingerprint density at radius 3 is 2.80 bits per heavy atom. The van der Waals surface area contributed by atoms with E-state index in [1.807, 2.05) is 6.92 Å². The molecule has 6 nitrogen and oxygen atoms in total. The minimum Gasteiger partial charge on any atom is -0.476 e. The van der Waals surface area contributed by atoms with Gasteiger partial charge in [0.25, 0.3) is 0 Å². The minimum atomic E-state index is -1.06. The van der Waals surface area contributed by atoms with Gasteiger partial charge < -0.3 is 5.11 Å². The van der Waals surface area contributed by atoms with Crippen LogP contribution < -0.4 is 0 Å². The van der Waals surface area contributed by atoms with Crippen LogP contribution in [0.5, 0.6) is 0 Å². The number of rotatable bonds is 2. The maximum atomic E-state index is 10.6. The van der Waals surface area contributed by atoms with E-state index >= 15 is 0 Å². The van der Waals surface area contributed by atoms with Crippen LogP contribution in [0.15, 0.2) is 24.9 Å². The van der Waals surface area contributed by atoms with Crippen LogP contribution in [0.4, 0.5) is 0 Å². The first-order chi connectivity index (χ1) is 7.16. The summed E-state index contributed by atoms with van der Waals surface area (Å²) in [7, 11) is 0. The molecule has 0 aliphatic heterocycles. The molecule has 6 heteroatoms. The highest BCUT2D eigenvalue weighted by Gasteiger charge is 2.07. The van der Waals surface area contributed by atoms with E-state index in [0.29, 0.717) is 5.82 Å². The number of aromatic carboxylic acids is 1. The van der Waals surface area contributed by atoms with Gasteiger partial charge >= 0.3 is 5.97 Å². The Morgan fingerprint density at radius 1 is 1.40 bits per heavy atom. The second-order valence-corrected chi connectivity index (χ2v) is 2.99. The van der Waals surface area contributed by atoms with Gasteiger partial charge in [0, 0.05) is 18.0 Å². The summed E-state index contributed by atoms with van der Waals surface area (Å²) >= 11 is 0. The van der Waals surface area contributed by atoms with Crippen LogP contribution in [-0.4, -0.2) is 30.6 Å². The number of hydrogen-bond acceptors (Lipinski definition) is 4. The molecule has 0 spiro atoms. The van der Waals surface area contributed by atoms with Gasteiger partial charge in [0.15, 0.2) is 5.69 Å². The molecule has 0 radical (unpaired) electrons. The summed E-state index contributed by atoms with van der Waals surface area (Å²) in [4.78, 5) is 22.3. The zero-order valence-electron chi connectivity index (χ0n) is 7.95. The van der Waals surface area contributed by atoms with E-state index in [1.54, 1.807) is 6.07 Å². The SMILES string of the molecule is Cc1cc(-n2cnc(C(=O)O)c2)ncn1. The number of aryl methyl sites for hydroxylation is 1. The Hall–Kier alpha value is -2.24. The number of carboxylic acid groups (broad SMARTS) is 1. The molecule has 76 valence electrons. The summed E-state index contributed by atoms with van der Waals surface area (Å²) < 4.78 is 1.54. The molecule has 0 amide bonds. The second-order valence-electron chi connectivity index (χ2n) is 2.99. The topological polar surface area (TPSA) is 80.9 Å². The highest BCUT2D eigenvalue weighted by atomic mass is 16.4. The lowest BCUT2D eigenvalue weighted by Crippen LogP contribution is -1.98. The molecular formula is C9H8N4O2. The van der Waals surface area contributed by atoms with Gasteiger partial charge in [-0.2, -0.15) is 0 Å². The van der Waals surface area contributed by atoms with Gasteiger partial charge in [-0.15, -0.1) is 0 Å². The predicted octanol–water partition coefficient (Wildman–Crippen LogP) is 0.669. The third-order valence-corrected chi connectivity index (χ3v) is 1.86. The molecular weight excluding hydrogens is 196 g/mol. The Kier molecular flexibility index (Phi) is 2.17. The van der Waals surface area contributed by atoms with Crippen molar-refractivity contribution in [1.82, 2.24) is 19.5 Å². The quantitative estimate of drug-likeness (QED) is 0.777. The van der Waals surface area contributed by atoms with Gasteiger partial charge in [0.2, 0.25) is 0 Å². The normalized spacial score (nSPS) is 10.2. The summed E-state index contributed by atoms with van der Waals surface area (Å²) in [6.07, 6.45) is 4.24. The van der Waals surface area contributed by atoms with E-state index in [0.717, 1.165) is 5.69 Å². The average Bonchev–Trinajstić information content (AvgIpc) is 2.66. The maximum Gasteiger partial charge on any atom is 0.356 e. The Morgan fingerprint density at radius 2 is 2.20 bits per heavy atom. The van der Waals surface area contributed by atoms with E-state index in [-0.39, 0.29) is 5.69 Å². The van der Waals surface area contributed by atoms with Crippen molar-refractivity contribution in [3.63, 3.8) is 0 Å². The number of carbonyl (C=O) groups is 1. The molecule has 0 aliphatic carbocycles. The fourth-order valence-electron chi connectivity index (χ4n) is 1.14. The molecule has 1 N–H and O–H groups in total. The molecule has 2 aromatic rings. The van der Waals surface area contributed by atoms with E-state index in [9.17, 15) is 4.79 Å². The first-order valence-electron chi connectivity index (χ1n) is 4.23. The minimum absolute atomic E-state index is 0.00809. The van der Waals surface area contributed by atoms with Crippen LogP contribution in [0, 0.1) is 6.92 Å². The van der Waals surface area contributed by atoms with E-state index in [1.165, 1.54) is 23.4 Å². The monoisotopic (exact) mass is 204 g/mol. The Balaban J connectivity index is 2.41. The molecule has 2 heterocycles. The average molecular weight is 204 g/mol. The fraction of sp³-hybridized carbons (Fsp3) is 0.111. The summed E-state index contributed by atoms with van der Waals surface area (Å²) in [5.41, 5.74) is 0.803. The zero-order chi connectivity index (χ0) is 10.8. The Bertz CT molecular complexity index is 506. The fourth-order valence-corrected chi connectivity index (χ4v) is 1.14. The number of nitrogens with zero attached hydrogens (tertiary/aromatic N) is 4. The molecule has 2 rings (SSSR count). The maximum absolute atomic E-state index is 10.6. The molecule has 0 unspecified atom stereocenters. The zero-order valence-corrected chi connectivity index (χ0v) is 7.95. The van der Waals surface area contributed by atoms with Gasteiger partial charge in [-0.25, -0.2) is 19.7 Å². The second kappa shape index (κ2) is 3.49. The van der Waals surface area contributed by atoms with Crippen LogP contribution in [0.3, 0.4) is 0 Å². The molecule has 2 aromatic heterocycles. The number of imidazole rings is 1. The third-order valence-electron chi connectivity index (χ3n) is 1.86. The van der Waals surface area contributed by atoms with Crippen molar-refractivity contribution >= 4 is 5.97 Å². The van der Waals surface area contributed by atoms with Gasteiger partial charge in [-0.3, -0.25) is 4.57 Å². The van der Waals surface area contributed by atoms with Crippen molar-refractivity contribution in [2.45, 2.75) is 6.92 Å². The molecule has 0 saturated carbocycles. The lowest BCUT2D eigenvalue weighted by atomic mass is 10.4. The van der Waals surface area contributed by atoms with Crippen molar-refractivity contribution < 1.29 is 9.90 Å². The van der Waals surface area contributed by atoms with Gasteiger partial charge in [-0.1, -0.05) is 0 Å². The van der Waals surface area contributed by atoms with Crippen LogP contribution in [0.1, 0.15) is 16.2 Å². The summed E-state index contributed by atoms with van der Waals surface area (Å²) in [5.74, 6) is -0.456. The van der Waals surface area contributed by atoms with Gasteiger partial charge in [-0.05, 0) is 6.92 Å². The van der Waals surface area contributed by atoms with E-state index < -0.39 is 5.97 Å². The van der Waals surface area contributed by atoms with E-state index in [2.05, 4.69) is 15.0 Å². The van der Waals surface area contributed by atoms with Crippen LogP contribution in [0.25, 0.3) is 5.82 Å². The highest BCUT2D eigenvalue weighted by molar-refractivity contribution is 5.85. The van der Waals surface area contributed by atoms with Crippen molar-refractivity contribution in [2.75, 3.05) is 0 Å². The summed E-state index contributed by atoms with van der Waals surface area (Å²) in [5, 5.41) is 8.69. The molecule has 0 saturated heterocycles. The standard InChI is InChI=1S/C9H8N4O2/c1-6-2-8(11-4-10-6)13-3-7(9(14)15)12-5-13/h2-5H,1H3,(H,14,15). The molecule has 0 aliphatic rings. The number of aromatic nitrogens is 4. The first-order valence-corrected chi connectivity index (χ1v) is 4.23. The van der Waals surface area contributed by atoms with Gasteiger partial charge in [0.05, 0.1) is 0 Å². The van der Waals surface area contributed by atoms with Crippen molar-refractivity contribution in [3.05, 3.63) is 36.3 Å². The molecule has 0 atom stereocenters. The van der Waals surface area contributed by atoms with Crippen molar-refractivity contribution in [3.8, 4) is 5.82 Å². The first kappa shape index (κ1) is 9.32. The largest absolute Gasteiger partial charge is 0.476 e. The molecule has 0 fully saturated rings. The third kappa shape index (κ3) is 1.83. The van der Waals surface area contributed by atoms with Gasteiger partial charge in [0.1, 0.15) is 18.5 Å². The molecule has 0 aromatic carbocycles. The lowest BCUT2D eigenvalue weighted by Gasteiger charge is -1.99. The smallest absolute Gasteiger partial charge is 0.356 e. The number of hydrogen-bond donors (Lipinski definition) is 1. The predicted molar refractivity (Wildman–Crippen MR) is 50.9 cm³/mol. The Labute approximate surface area is 85.3 Å². The van der Waals surface area contributed by atoms with Crippen molar-refractivity contribution in [2.24, 2.45) is 0 Å². The van der Waals surface area contributed by atoms with E-state index in [4.69, 9.17) is 5.11 Å². The molecule has 0 bridgehead atoms.